The number of carbonyl (C=O) groups is 2. The Morgan fingerprint density at radius 1 is 1.04 bits per heavy atom. The summed E-state index contributed by atoms with van der Waals surface area (Å²) in [5.74, 6) is 0.730. The van der Waals surface area contributed by atoms with Crippen LogP contribution in [-0.4, -0.2) is 29.4 Å². The first-order chi connectivity index (χ1) is 11.6. The quantitative estimate of drug-likeness (QED) is 0.787. The van der Waals surface area contributed by atoms with Crippen molar-refractivity contribution in [2.45, 2.75) is 11.9 Å². The molecule has 0 bridgehead atoms. The molecule has 1 aliphatic heterocycles. The van der Waals surface area contributed by atoms with Crippen molar-refractivity contribution in [3.63, 3.8) is 0 Å². The van der Waals surface area contributed by atoms with Gasteiger partial charge in [-0.05, 0) is 17.7 Å². The van der Waals surface area contributed by atoms with Gasteiger partial charge in [0, 0.05) is 11.1 Å². The predicted molar refractivity (Wildman–Crippen MR) is 88.4 cm³/mol. The van der Waals surface area contributed by atoms with Gasteiger partial charge in [0.15, 0.2) is 17.3 Å². The highest BCUT2D eigenvalue weighted by Gasteiger charge is 2.36. The lowest BCUT2D eigenvalue weighted by Crippen LogP contribution is -2.38. The molecule has 0 spiro atoms. The molecule has 2 aromatic carbocycles. The largest absolute Gasteiger partial charge is 0.454 e. The number of ketones is 2. The van der Waals surface area contributed by atoms with E-state index in [1.54, 1.807) is 36.4 Å². The zero-order valence-electron chi connectivity index (χ0n) is 12.5. The topological polar surface area (TPSA) is 65.0 Å². The first kappa shape index (κ1) is 14.9. The van der Waals surface area contributed by atoms with Gasteiger partial charge in [-0.2, -0.15) is 0 Å². The Morgan fingerprint density at radius 3 is 2.62 bits per heavy atom. The number of fused-ring (bicyclic) bond motifs is 2. The second kappa shape index (κ2) is 5.76. The van der Waals surface area contributed by atoms with Crippen molar-refractivity contribution in [1.29, 1.82) is 0 Å². The van der Waals surface area contributed by atoms with Crippen LogP contribution in [0.4, 0.5) is 0 Å². The molecule has 5 nitrogen and oxygen atoms in total. The van der Waals surface area contributed by atoms with Crippen molar-refractivity contribution in [3.8, 4) is 11.5 Å². The number of carbonyl (C=O) groups excluding carboxylic acids is 2. The lowest BCUT2D eigenvalue weighted by Gasteiger charge is -2.19. The van der Waals surface area contributed by atoms with Gasteiger partial charge >= 0.3 is 0 Å². The molecule has 0 N–H and O–H groups in total. The molecule has 24 heavy (non-hydrogen) atoms. The third kappa shape index (κ3) is 2.37. The van der Waals surface area contributed by atoms with Crippen LogP contribution in [0.15, 0.2) is 47.5 Å². The molecular weight excluding hydrogens is 330 g/mol. The highest BCUT2D eigenvalue weighted by Crippen LogP contribution is 2.33. The molecule has 2 aliphatic rings. The van der Waals surface area contributed by atoms with E-state index in [1.807, 2.05) is 6.07 Å². The van der Waals surface area contributed by atoms with Crippen molar-refractivity contribution >= 4 is 28.9 Å². The minimum atomic E-state index is -1.05. The minimum Gasteiger partial charge on any atom is -0.454 e. The molecule has 1 aliphatic carbocycles. The van der Waals surface area contributed by atoms with Crippen LogP contribution in [-0.2, 0) is 6.54 Å². The van der Waals surface area contributed by atoms with Crippen LogP contribution in [0.3, 0.4) is 0 Å². The lowest BCUT2D eigenvalue weighted by atomic mass is 9.88. The third-order valence-corrected chi connectivity index (χ3v) is 4.41. The standard InChI is InChI=1S/C18H12ClNO4/c19-15-16(18(22)12-4-2-1-3-11(12)17(15)21)20-8-10-5-6-13-14(7-10)24-9-23-13/h1-7,15H,8-9H2. The molecule has 6 heteroatoms. The van der Waals surface area contributed by atoms with Crippen LogP contribution in [0.2, 0.25) is 0 Å². The van der Waals surface area contributed by atoms with E-state index in [1.165, 1.54) is 0 Å². The number of aliphatic imine (C=N–C) groups is 1. The van der Waals surface area contributed by atoms with Crippen molar-refractivity contribution in [2.75, 3.05) is 6.79 Å². The highest BCUT2D eigenvalue weighted by molar-refractivity contribution is 6.64. The molecule has 1 unspecified atom stereocenters. The molecule has 0 radical (unpaired) electrons. The first-order valence-electron chi connectivity index (χ1n) is 7.40. The molecule has 1 atom stereocenters. The number of nitrogens with zero attached hydrogens (tertiary/aromatic N) is 1. The average molecular weight is 342 g/mol. The van der Waals surface area contributed by atoms with Crippen LogP contribution in [0.25, 0.3) is 0 Å². The van der Waals surface area contributed by atoms with Gasteiger partial charge in [-0.3, -0.25) is 14.6 Å². The average Bonchev–Trinajstić information content (AvgIpc) is 3.07. The van der Waals surface area contributed by atoms with Gasteiger partial charge in [0.2, 0.25) is 12.6 Å². The van der Waals surface area contributed by atoms with Crippen molar-refractivity contribution in [1.82, 2.24) is 0 Å². The number of rotatable bonds is 2. The minimum absolute atomic E-state index is 0.0815. The van der Waals surface area contributed by atoms with Crippen LogP contribution in [0.5, 0.6) is 11.5 Å². The highest BCUT2D eigenvalue weighted by atomic mass is 35.5. The van der Waals surface area contributed by atoms with E-state index in [-0.39, 0.29) is 30.6 Å². The first-order valence-corrected chi connectivity index (χ1v) is 7.83. The second-order valence-corrected chi connectivity index (χ2v) is 5.93. The van der Waals surface area contributed by atoms with Crippen molar-refractivity contribution < 1.29 is 19.1 Å². The summed E-state index contributed by atoms with van der Waals surface area (Å²) >= 11 is 6.17. The van der Waals surface area contributed by atoms with Gasteiger partial charge in [-0.1, -0.05) is 30.3 Å². The van der Waals surface area contributed by atoms with Gasteiger partial charge in [0.05, 0.1) is 6.54 Å². The van der Waals surface area contributed by atoms with E-state index in [9.17, 15) is 9.59 Å². The van der Waals surface area contributed by atoms with Crippen molar-refractivity contribution in [3.05, 3.63) is 59.2 Å². The lowest BCUT2D eigenvalue weighted by molar-refractivity contribution is 0.0967. The Bertz CT molecular complexity index is 890. The summed E-state index contributed by atoms with van der Waals surface area (Å²) < 4.78 is 10.6. The maximum Gasteiger partial charge on any atom is 0.231 e. The Balaban J connectivity index is 1.65. The second-order valence-electron chi connectivity index (χ2n) is 5.49. The molecule has 0 saturated heterocycles. The number of halogens is 1. The summed E-state index contributed by atoms with van der Waals surface area (Å²) in [7, 11) is 0. The zero-order chi connectivity index (χ0) is 16.7. The van der Waals surface area contributed by atoms with Gasteiger partial charge in [-0.25, -0.2) is 0 Å². The number of benzene rings is 2. The Kier molecular flexibility index (Phi) is 3.58. The van der Waals surface area contributed by atoms with Gasteiger partial charge in [-0.15, -0.1) is 11.6 Å². The van der Waals surface area contributed by atoms with E-state index < -0.39 is 5.38 Å². The summed E-state index contributed by atoms with van der Waals surface area (Å²) in [5, 5.41) is -1.05. The zero-order valence-corrected chi connectivity index (χ0v) is 13.2. The summed E-state index contributed by atoms with van der Waals surface area (Å²) in [6.45, 7) is 0.428. The normalized spacial score (nSPS) is 20.4. The van der Waals surface area contributed by atoms with E-state index in [0.717, 1.165) is 5.56 Å². The van der Waals surface area contributed by atoms with Crippen molar-refractivity contribution in [2.24, 2.45) is 4.99 Å². The van der Waals surface area contributed by atoms with E-state index >= 15 is 0 Å². The smallest absolute Gasteiger partial charge is 0.231 e. The maximum absolute atomic E-state index is 12.6. The SMILES string of the molecule is O=C1C(=NCc2ccc3c(c2)OCO3)C(Cl)C(=O)c2ccccc21. The van der Waals surface area contributed by atoms with Crippen LogP contribution < -0.4 is 9.47 Å². The van der Waals surface area contributed by atoms with Gasteiger partial charge < -0.3 is 9.47 Å². The summed E-state index contributed by atoms with van der Waals surface area (Å²) in [6, 6.07) is 12.1. The van der Waals surface area contributed by atoms with E-state index in [2.05, 4.69) is 4.99 Å². The van der Waals surface area contributed by atoms with E-state index in [4.69, 9.17) is 21.1 Å². The third-order valence-electron chi connectivity index (χ3n) is 4.01. The molecule has 4 rings (SSSR count). The molecule has 2 aromatic rings. The fourth-order valence-corrected chi connectivity index (χ4v) is 3.06. The Labute approximate surface area is 142 Å². The van der Waals surface area contributed by atoms with Gasteiger partial charge in [0.1, 0.15) is 11.1 Å². The summed E-state index contributed by atoms with van der Waals surface area (Å²) in [6.07, 6.45) is 0. The molecule has 1 heterocycles. The fraction of sp³-hybridized carbons (Fsp3) is 0.167. The molecule has 0 saturated carbocycles. The number of ether oxygens (including phenoxy) is 2. The number of hydrogen-bond acceptors (Lipinski definition) is 5. The number of alkyl halides is 1. The Hall–Kier alpha value is -2.66. The molecular formula is C18H12ClNO4. The van der Waals surface area contributed by atoms with Crippen LogP contribution >= 0.6 is 11.6 Å². The van der Waals surface area contributed by atoms with Crippen LogP contribution in [0, 0.1) is 0 Å². The van der Waals surface area contributed by atoms with E-state index in [0.29, 0.717) is 22.6 Å². The maximum atomic E-state index is 12.6. The molecule has 120 valence electrons. The van der Waals surface area contributed by atoms with Gasteiger partial charge in [0.25, 0.3) is 0 Å². The molecule has 0 amide bonds. The Morgan fingerprint density at radius 2 is 1.79 bits per heavy atom. The monoisotopic (exact) mass is 341 g/mol. The number of hydrogen-bond donors (Lipinski definition) is 0. The molecule has 0 aromatic heterocycles. The fourth-order valence-electron chi connectivity index (χ4n) is 2.78. The summed E-state index contributed by atoms with van der Waals surface area (Å²) in [4.78, 5) is 29.2. The predicted octanol–water partition coefficient (Wildman–Crippen LogP) is 3.04. The summed E-state index contributed by atoms with van der Waals surface area (Å²) in [5.41, 5.74) is 1.63. The number of Topliss-reactive ketones (excluding diaryl/α,β-unsaturated/α-hetero) is 2. The van der Waals surface area contributed by atoms with Crippen LogP contribution in [0.1, 0.15) is 26.3 Å². The molecule has 0 fully saturated rings.